The van der Waals surface area contributed by atoms with E-state index >= 15 is 0 Å². The Labute approximate surface area is 167 Å². The Morgan fingerprint density at radius 2 is 1.96 bits per heavy atom. The van der Waals surface area contributed by atoms with Gasteiger partial charge in [-0.3, -0.25) is 4.79 Å². The third-order valence-electron chi connectivity index (χ3n) is 6.73. The number of carbonyl (C=O) groups is 1. The number of rotatable bonds is 6. The Morgan fingerprint density at radius 1 is 1.18 bits per heavy atom. The molecule has 4 rings (SSSR count). The predicted octanol–water partition coefficient (Wildman–Crippen LogP) is 3.63. The van der Waals surface area contributed by atoms with E-state index in [0.29, 0.717) is 42.8 Å². The van der Waals surface area contributed by atoms with Gasteiger partial charge in [-0.05, 0) is 68.1 Å². The van der Waals surface area contributed by atoms with Gasteiger partial charge in [0.25, 0.3) is 0 Å². The van der Waals surface area contributed by atoms with Crippen LogP contribution < -0.4 is 10.1 Å². The quantitative estimate of drug-likeness (QED) is 0.783. The molecule has 0 aromatic heterocycles. The number of anilines is 1. The number of carbonyl (C=O) groups excluding carboxylic acids is 1. The van der Waals surface area contributed by atoms with E-state index in [2.05, 4.69) is 5.32 Å². The van der Waals surface area contributed by atoms with Crippen molar-refractivity contribution >= 4 is 21.6 Å². The third-order valence-corrected chi connectivity index (χ3v) is 8.62. The van der Waals surface area contributed by atoms with Gasteiger partial charge < -0.3 is 10.1 Å². The fraction of sp³-hybridized carbons (Fsp3) is 0.667. The van der Waals surface area contributed by atoms with Crippen LogP contribution in [-0.2, 0) is 14.8 Å². The van der Waals surface area contributed by atoms with Gasteiger partial charge in [-0.1, -0.05) is 12.8 Å². The number of ether oxygens (including phenoxy) is 1. The highest BCUT2D eigenvalue weighted by Crippen LogP contribution is 2.49. The molecule has 2 aliphatic carbocycles. The third kappa shape index (κ3) is 3.92. The minimum absolute atomic E-state index is 0.0524. The minimum Gasteiger partial charge on any atom is -0.495 e. The van der Waals surface area contributed by atoms with Crippen molar-refractivity contribution < 1.29 is 17.9 Å². The molecule has 1 amide bonds. The van der Waals surface area contributed by atoms with Crippen LogP contribution >= 0.6 is 0 Å². The molecule has 1 aromatic carbocycles. The van der Waals surface area contributed by atoms with Gasteiger partial charge in [0.2, 0.25) is 15.9 Å². The summed E-state index contributed by atoms with van der Waals surface area (Å²) in [4.78, 5) is 12.9. The van der Waals surface area contributed by atoms with Gasteiger partial charge in [0.15, 0.2) is 0 Å². The van der Waals surface area contributed by atoms with Crippen molar-refractivity contribution in [2.75, 3.05) is 25.5 Å². The zero-order chi connectivity index (χ0) is 19.7. The number of sulfonamides is 1. The first-order chi connectivity index (χ1) is 13.5. The van der Waals surface area contributed by atoms with Crippen LogP contribution in [0.15, 0.2) is 23.1 Å². The van der Waals surface area contributed by atoms with Crippen LogP contribution in [0.25, 0.3) is 0 Å². The van der Waals surface area contributed by atoms with Crippen LogP contribution in [0.3, 0.4) is 0 Å². The second-order valence-electron chi connectivity index (χ2n) is 8.51. The van der Waals surface area contributed by atoms with Crippen LogP contribution in [0.5, 0.6) is 5.75 Å². The Hall–Kier alpha value is -1.60. The van der Waals surface area contributed by atoms with Crippen LogP contribution in [-0.4, -0.2) is 38.8 Å². The topological polar surface area (TPSA) is 75.7 Å². The average Bonchev–Trinajstić information content (AvgIpc) is 3.31. The van der Waals surface area contributed by atoms with E-state index in [9.17, 15) is 13.2 Å². The van der Waals surface area contributed by atoms with Gasteiger partial charge in [0.1, 0.15) is 5.75 Å². The number of hydrogen-bond donors (Lipinski definition) is 1. The Morgan fingerprint density at radius 3 is 2.61 bits per heavy atom. The zero-order valence-electron chi connectivity index (χ0n) is 16.5. The summed E-state index contributed by atoms with van der Waals surface area (Å²) in [5.74, 6) is 2.38. The van der Waals surface area contributed by atoms with Gasteiger partial charge in [-0.15, -0.1) is 0 Å². The fourth-order valence-corrected chi connectivity index (χ4v) is 6.81. The van der Waals surface area contributed by atoms with Gasteiger partial charge in [0, 0.05) is 19.5 Å². The summed E-state index contributed by atoms with van der Waals surface area (Å²) in [5.41, 5.74) is 0.439. The molecule has 0 unspecified atom stereocenters. The SMILES string of the molecule is COc1ccc(S(=O)(=O)N2CCCCC2)cc1NC(=O)C[C@@H]1C[C@@H]2CC[C@@H]1C2. The largest absolute Gasteiger partial charge is 0.495 e. The number of fused-ring (bicyclic) bond motifs is 2. The van der Waals surface area contributed by atoms with E-state index in [1.807, 2.05) is 0 Å². The predicted molar refractivity (Wildman–Crippen MR) is 108 cm³/mol. The minimum atomic E-state index is -3.55. The molecule has 1 aromatic rings. The van der Waals surface area contributed by atoms with Crippen LogP contribution in [0, 0.1) is 17.8 Å². The van der Waals surface area contributed by atoms with Crippen molar-refractivity contribution in [3.05, 3.63) is 18.2 Å². The first-order valence-corrected chi connectivity index (χ1v) is 11.9. The number of amides is 1. The van der Waals surface area contributed by atoms with E-state index in [-0.39, 0.29) is 10.8 Å². The summed E-state index contributed by atoms with van der Waals surface area (Å²) >= 11 is 0. The first kappa shape index (κ1) is 19.7. The van der Waals surface area contributed by atoms with Gasteiger partial charge in [-0.2, -0.15) is 4.31 Å². The molecule has 7 heteroatoms. The average molecular weight is 407 g/mol. The Bertz CT molecular complexity index is 833. The molecule has 2 bridgehead atoms. The number of nitrogens with one attached hydrogen (secondary N) is 1. The maximum atomic E-state index is 13.0. The lowest BCUT2D eigenvalue weighted by molar-refractivity contribution is -0.117. The van der Waals surface area contributed by atoms with Crippen molar-refractivity contribution in [1.29, 1.82) is 0 Å². The highest BCUT2D eigenvalue weighted by Gasteiger charge is 2.40. The normalized spacial score (nSPS) is 27.7. The lowest BCUT2D eigenvalue weighted by atomic mass is 9.86. The standard InChI is InChI=1S/C21H30N2O4S/c1-27-20-8-7-18(28(25,26)23-9-3-2-4-10-23)14-19(20)22-21(24)13-17-12-15-5-6-16(17)11-15/h7-8,14-17H,2-6,9-13H2,1H3,(H,22,24)/t15-,16-,17+/m1/s1. The van der Waals surface area contributed by atoms with Crippen molar-refractivity contribution in [2.24, 2.45) is 17.8 Å². The van der Waals surface area contributed by atoms with E-state index in [0.717, 1.165) is 31.6 Å². The van der Waals surface area contributed by atoms with Gasteiger partial charge >= 0.3 is 0 Å². The second kappa shape index (κ2) is 8.03. The van der Waals surface area contributed by atoms with Crippen LogP contribution in [0.1, 0.15) is 51.4 Å². The summed E-state index contributed by atoms with van der Waals surface area (Å²) in [7, 11) is -2.02. The molecule has 3 atom stereocenters. The molecule has 3 aliphatic rings. The van der Waals surface area contributed by atoms with Gasteiger partial charge in [-0.25, -0.2) is 8.42 Å². The Kier molecular flexibility index (Phi) is 5.65. The highest BCUT2D eigenvalue weighted by atomic mass is 32.2. The molecule has 3 fully saturated rings. The van der Waals surface area contributed by atoms with Crippen molar-refractivity contribution in [3.8, 4) is 5.75 Å². The van der Waals surface area contributed by atoms with E-state index in [1.54, 1.807) is 22.5 Å². The maximum Gasteiger partial charge on any atom is 0.243 e. The number of nitrogens with zero attached hydrogens (tertiary/aromatic N) is 1. The molecule has 0 spiro atoms. The first-order valence-electron chi connectivity index (χ1n) is 10.5. The molecule has 2 saturated carbocycles. The van der Waals surface area contributed by atoms with Crippen molar-refractivity contribution in [1.82, 2.24) is 4.31 Å². The number of benzene rings is 1. The number of methoxy groups -OCH3 is 1. The zero-order valence-corrected chi connectivity index (χ0v) is 17.3. The molecular formula is C21H30N2O4S. The van der Waals surface area contributed by atoms with Gasteiger partial charge in [0.05, 0.1) is 17.7 Å². The molecule has 28 heavy (non-hydrogen) atoms. The van der Waals surface area contributed by atoms with Crippen LogP contribution in [0.2, 0.25) is 0 Å². The highest BCUT2D eigenvalue weighted by molar-refractivity contribution is 7.89. The summed E-state index contributed by atoms with van der Waals surface area (Å²) in [6.07, 6.45) is 8.34. The van der Waals surface area contributed by atoms with E-state index < -0.39 is 10.0 Å². The smallest absolute Gasteiger partial charge is 0.243 e. The van der Waals surface area contributed by atoms with E-state index in [4.69, 9.17) is 4.74 Å². The van der Waals surface area contributed by atoms with Crippen molar-refractivity contribution in [2.45, 2.75) is 56.3 Å². The summed E-state index contributed by atoms with van der Waals surface area (Å²) in [5, 5.41) is 2.92. The molecule has 1 heterocycles. The molecule has 1 N–H and O–H groups in total. The Balaban J connectivity index is 1.49. The fourth-order valence-electron chi connectivity index (χ4n) is 5.27. The summed E-state index contributed by atoms with van der Waals surface area (Å²) < 4.78 is 32.8. The second-order valence-corrected chi connectivity index (χ2v) is 10.5. The molecule has 154 valence electrons. The molecule has 1 aliphatic heterocycles. The molecule has 0 radical (unpaired) electrons. The van der Waals surface area contributed by atoms with E-state index in [1.165, 1.54) is 26.4 Å². The van der Waals surface area contributed by atoms with Crippen LogP contribution in [0.4, 0.5) is 5.69 Å². The summed E-state index contributed by atoms with van der Waals surface area (Å²) in [6, 6.07) is 4.74. The molecular weight excluding hydrogens is 376 g/mol. The summed E-state index contributed by atoms with van der Waals surface area (Å²) in [6.45, 7) is 1.11. The molecule has 6 nitrogen and oxygen atoms in total. The lowest BCUT2D eigenvalue weighted by Crippen LogP contribution is -2.35. The number of hydrogen-bond acceptors (Lipinski definition) is 4. The monoisotopic (exact) mass is 406 g/mol. The van der Waals surface area contributed by atoms with Crippen molar-refractivity contribution in [3.63, 3.8) is 0 Å². The maximum absolute atomic E-state index is 13.0. The lowest BCUT2D eigenvalue weighted by Gasteiger charge is -2.26. The number of piperidine rings is 1. The molecule has 1 saturated heterocycles.